The molecule has 0 spiro atoms. The Morgan fingerprint density at radius 1 is 1.45 bits per heavy atom. The standard InChI is InChI=1S/C15H19F3N2O2/c1-14(13(21)19-2)10-20(6-7-22-14)9-11-4-3-5-12(8-11)15(16,17)18/h3-5,8H,6-7,9-10H2,1-2H3,(H,19,21). The van der Waals surface area contributed by atoms with Crippen molar-refractivity contribution in [1.29, 1.82) is 0 Å². The fraction of sp³-hybridized carbons (Fsp3) is 0.533. The zero-order valence-corrected chi connectivity index (χ0v) is 12.5. The van der Waals surface area contributed by atoms with E-state index in [1.807, 2.05) is 4.90 Å². The molecule has 0 aliphatic carbocycles. The van der Waals surface area contributed by atoms with Gasteiger partial charge in [0.15, 0.2) is 5.60 Å². The third kappa shape index (κ3) is 3.78. The Morgan fingerprint density at radius 2 is 2.18 bits per heavy atom. The number of nitrogens with zero attached hydrogens (tertiary/aromatic N) is 1. The normalized spacial score (nSPS) is 23.3. The maximum absolute atomic E-state index is 12.7. The second-order valence-electron chi connectivity index (χ2n) is 5.57. The van der Waals surface area contributed by atoms with Crippen molar-refractivity contribution in [1.82, 2.24) is 10.2 Å². The van der Waals surface area contributed by atoms with Crippen molar-refractivity contribution in [3.63, 3.8) is 0 Å². The van der Waals surface area contributed by atoms with E-state index in [2.05, 4.69) is 5.32 Å². The molecule has 22 heavy (non-hydrogen) atoms. The van der Waals surface area contributed by atoms with E-state index >= 15 is 0 Å². The molecule has 1 fully saturated rings. The Balaban J connectivity index is 2.09. The predicted molar refractivity (Wildman–Crippen MR) is 75.1 cm³/mol. The number of likely N-dealkylation sites (N-methyl/N-ethyl adjacent to an activating group) is 1. The molecule has 0 saturated carbocycles. The van der Waals surface area contributed by atoms with Gasteiger partial charge in [-0.25, -0.2) is 0 Å². The number of rotatable bonds is 3. The number of nitrogens with one attached hydrogen (secondary N) is 1. The molecule has 1 unspecified atom stereocenters. The Labute approximate surface area is 127 Å². The van der Waals surface area contributed by atoms with E-state index in [4.69, 9.17) is 4.74 Å². The Hall–Kier alpha value is -1.60. The summed E-state index contributed by atoms with van der Waals surface area (Å²) < 4.78 is 43.7. The van der Waals surface area contributed by atoms with Gasteiger partial charge in [0.05, 0.1) is 12.2 Å². The van der Waals surface area contributed by atoms with E-state index in [1.165, 1.54) is 13.1 Å². The molecule has 1 saturated heterocycles. The third-order valence-corrected chi connectivity index (χ3v) is 3.72. The number of alkyl halides is 3. The molecule has 2 rings (SSSR count). The Kier molecular flexibility index (Phi) is 4.77. The highest BCUT2D eigenvalue weighted by atomic mass is 19.4. The summed E-state index contributed by atoms with van der Waals surface area (Å²) in [5, 5.41) is 2.55. The van der Waals surface area contributed by atoms with Gasteiger partial charge in [0, 0.05) is 26.7 Å². The molecule has 1 heterocycles. The van der Waals surface area contributed by atoms with E-state index in [-0.39, 0.29) is 5.91 Å². The molecule has 122 valence electrons. The molecule has 1 aliphatic rings. The smallest absolute Gasteiger partial charge is 0.363 e. The summed E-state index contributed by atoms with van der Waals surface area (Å²) in [7, 11) is 1.53. The van der Waals surface area contributed by atoms with Crippen LogP contribution in [0.25, 0.3) is 0 Å². The summed E-state index contributed by atoms with van der Waals surface area (Å²) in [6.45, 7) is 3.30. The van der Waals surface area contributed by atoms with Gasteiger partial charge in [-0.2, -0.15) is 13.2 Å². The largest absolute Gasteiger partial charge is 0.416 e. The Bertz CT molecular complexity index is 548. The molecule has 0 radical (unpaired) electrons. The van der Waals surface area contributed by atoms with Crippen LogP contribution in [0.5, 0.6) is 0 Å². The monoisotopic (exact) mass is 316 g/mol. The van der Waals surface area contributed by atoms with Crippen LogP contribution < -0.4 is 5.32 Å². The van der Waals surface area contributed by atoms with Crippen molar-refractivity contribution in [3.05, 3.63) is 35.4 Å². The van der Waals surface area contributed by atoms with Gasteiger partial charge in [-0.1, -0.05) is 18.2 Å². The molecule has 1 aromatic rings. The lowest BCUT2D eigenvalue weighted by Crippen LogP contribution is -2.57. The van der Waals surface area contributed by atoms with Crippen LogP contribution in [0.2, 0.25) is 0 Å². The Morgan fingerprint density at radius 3 is 2.82 bits per heavy atom. The van der Waals surface area contributed by atoms with Gasteiger partial charge in [0.1, 0.15) is 0 Å². The van der Waals surface area contributed by atoms with Crippen molar-refractivity contribution in [2.75, 3.05) is 26.7 Å². The number of ether oxygens (including phenoxy) is 1. The van der Waals surface area contributed by atoms with Crippen molar-refractivity contribution in [2.24, 2.45) is 0 Å². The minimum Gasteiger partial charge on any atom is -0.363 e. The molecule has 1 aromatic carbocycles. The number of morpholine rings is 1. The summed E-state index contributed by atoms with van der Waals surface area (Å²) in [5.74, 6) is -0.235. The first-order valence-electron chi connectivity index (χ1n) is 6.99. The molecule has 0 aromatic heterocycles. The van der Waals surface area contributed by atoms with E-state index < -0.39 is 17.3 Å². The highest BCUT2D eigenvalue weighted by Crippen LogP contribution is 2.30. The number of hydrogen-bond donors (Lipinski definition) is 1. The van der Waals surface area contributed by atoms with Crippen LogP contribution in [0.1, 0.15) is 18.1 Å². The number of hydrogen-bond acceptors (Lipinski definition) is 3. The van der Waals surface area contributed by atoms with Gasteiger partial charge in [-0.05, 0) is 18.6 Å². The molecule has 1 atom stereocenters. The summed E-state index contributed by atoms with van der Waals surface area (Å²) in [4.78, 5) is 13.8. The zero-order valence-electron chi connectivity index (χ0n) is 12.5. The van der Waals surface area contributed by atoms with Crippen LogP contribution in [0.15, 0.2) is 24.3 Å². The highest BCUT2D eigenvalue weighted by Gasteiger charge is 2.38. The van der Waals surface area contributed by atoms with Crippen molar-refractivity contribution < 1.29 is 22.7 Å². The van der Waals surface area contributed by atoms with Gasteiger partial charge in [0.2, 0.25) is 0 Å². The molecule has 4 nitrogen and oxygen atoms in total. The maximum Gasteiger partial charge on any atom is 0.416 e. The topological polar surface area (TPSA) is 41.6 Å². The third-order valence-electron chi connectivity index (χ3n) is 3.72. The predicted octanol–water partition coefficient (Wildman–Crippen LogP) is 2.04. The zero-order chi connectivity index (χ0) is 16.4. The minimum absolute atomic E-state index is 0.235. The average Bonchev–Trinajstić information content (AvgIpc) is 2.46. The van der Waals surface area contributed by atoms with Gasteiger partial charge < -0.3 is 10.1 Å². The van der Waals surface area contributed by atoms with E-state index in [1.54, 1.807) is 13.0 Å². The lowest BCUT2D eigenvalue weighted by Gasteiger charge is -2.39. The lowest BCUT2D eigenvalue weighted by atomic mass is 10.0. The van der Waals surface area contributed by atoms with Crippen LogP contribution in [0.3, 0.4) is 0 Å². The van der Waals surface area contributed by atoms with Gasteiger partial charge in [-0.15, -0.1) is 0 Å². The van der Waals surface area contributed by atoms with Crippen LogP contribution in [0, 0.1) is 0 Å². The first kappa shape index (κ1) is 16.8. The second kappa shape index (κ2) is 6.26. The summed E-state index contributed by atoms with van der Waals surface area (Å²) in [6.07, 6.45) is -4.35. The second-order valence-corrected chi connectivity index (χ2v) is 5.57. The first-order chi connectivity index (χ1) is 10.2. The number of benzene rings is 1. The minimum atomic E-state index is -4.35. The van der Waals surface area contributed by atoms with Gasteiger partial charge in [-0.3, -0.25) is 9.69 Å². The fourth-order valence-electron chi connectivity index (χ4n) is 2.59. The lowest BCUT2D eigenvalue weighted by molar-refractivity contribution is -0.156. The van der Waals surface area contributed by atoms with Crippen LogP contribution >= 0.6 is 0 Å². The highest BCUT2D eigenvalue weighted by molar-refractivity contribution is 5.84. The molecular weight excluding hydrogens is 297 g/mol. The summed E-state index contributed by atoms with van der Waals surface area (Å²) >= 11 is 0. The van der Waals surface area contributed by atoms with Crippen molar-refractivity contribution in [3.8, 4) is 0 Å². The van der Waals surface area contributed by atoms with Crippen LogP contribution in [0.4, 0.5) is 13.2 Å². The van der Waals surface area contributed by atoms with Crippen molar-refractivity contribution in [2.45, 2.75) is 25.2 Å². The van der Waals surface area contributed by atoms with Crippen LogP contribution in [-0.4, -0.2) is 43.2 Å². The quantitative estimate of drug-likeness (QED) is 0.928. The van der Waals surface area contributed by atoms with Crippen LogP contribution in [-0.2, 0) is 22.3 Å². The first-order valence-corrected chi connectivity index (χ1v) is 6.99. The number of amides is 1. The summed E-state index contributed by atoms with van der Waals surface area (Å²) in [5.41, 5.74) is -1.07. The van der Waals surface area contributed by atoms with E-state index in [9.17, 15) is 18.0 Å². The average molecular weight is 316 g/mol. The molecule has 1 aliphatic heterocycles. The van der Waals surface area contributed by atoms with E-state index in [0.29, 0.717) is 31.8 Å². The molecule has 7 heteroatoms. The fourth-order valence-corrected chi connectivity index (χ4v) is 2.59. The van der Waals surface area contributed by atoms with E-state index in [0.717, 1.165) is 12.1 Å². The SMILES string of the molecule is CNC(=O)C1(C)CN(Cc2cccc(C(F)(F)F)c2)CCO1. The number of carbonyl (C=O) groups excluding carboxylic acids is 1. The van der Waals surface area contributed by atoms with Gasteiger partial charge in [0.25, 0.3) is 5.91 Å². The van der Waals surface area contributed by atoms with Gasteiger partial charge >= 0.3 is 6.18 Å². The molecule has 0 bridgehead atoms. The van der Waals surface area contributed by atoms with Crippen molar-refractivity contribution >= 4 is 5.91 Å². The number of carbonyl (C=O) groups is 1. The number of halogens is 3. The maximum atomic E-state index is 12.7. The molecule has 1 N–H and O–H groups in total. The molecule has 1 amide bonds. The molecular formula is C15H19F3N2O2. The summed E-state index contributed by atoms with van der Waals surface area (Å²) in [6, 6.07) is 5.25.